The van der Waals surface area contributed by atoms with Gasteiger partial charge in [0.05, 0.1) is 16.3 Å². The molecule has 0 spiro atoms. The van der Waals surface area contributed by atoms with Crippen molar-refractivity contribution in [3.8, 4) is 0 Å². The van der Waals surface area contributed by atoms with Crippen LogP contribution in [0.15, 0.2) is 47.5 Å². The fourth-order valence-electron chi connectivity index (χ4n) is 3.40. The number of amides is 1. The van der Waals surface area contributed by atoms with Gasteiger partial charge < -0.3 is 4.90 Å². The molecule has 0 atom stereocenters. The predicted molar refractivity (Wildman–Crippen MR) is 116 cm³/mol. The Morgan fingerprint density at radius 2 is 1.78 bits per heavy atom. The van der Waals surface area contributed by atoms with E-state index in [9.17, 15) is 4.79 Å². The third kappa shape index (κ3) is 4.33. The molecule has 1 aromatic heterocycles. The lowest BCUT2D eigenvalue weighted by Crippen LogP contribution is -2.32. The first-order chi connectivity index (χ1) is 12.9. The third-order valence-electron chi connectivity index (χ3n) is 4.71. The predicted octanol–water partition coefficient (Wildman–Crippen LogP) is 5.61. The van der Waals surface area contributed by atoms with Gasteiger partial charge in [0.25, 0.3) is 0 Å². The number of benzene rings is 2. The molecule has 4 heteroatoms. The maximum absolute atomic E-state index is 12.8. The summed E-state index contributed by atoms with van der Waals surface area (Å²) in [7, 11) is 0. The van der Waals surface area contributed by atoms with Crippen LogP contribution in [-0.2, 0) is 4.79 Å². The SMILES string of the molecule is CCN(C(=O)CSc1cc(C)c2cc(C)cc(C)c2n1)c1cccc(C)c1. The minimum absolute atomic E-state index is 0.105. The molecule has 0 fully saturated rings. The van der Waals surface area contributed by atoms with Crippen LogP contribution < -0.4 is 4.90 Å². The summed E-state index contributed by atoms with van der Waals surface area (Å²) >= 11 is 1.51. The lowest BCUT2D eigenvalue weighted by Gasteiger charge is -2.21. The molecule has 1 heterocycles. The highest BCUT2D eigenvalue weighted by Crippen LogP contribution is 2.27. The number of hydrogen-bond donors (Lipinski definition) is 0. The van der Waals surface area contributed by atoms with E-state index in [-0.39, 0.29) is 5.91 Å². The van der Waals surface area contributed by atoms with Gasteiger partial charge in [-0.3, -0.25) is 4.79 Å². The molecular formula is C23H26N2OS. The Morgan fingerprint density at radius 1 is 1.00 bits per heavy atom. The number of aryl methyl sites for hydroxylation is 4. The van der Waals surface area contributed by atoms with Crippen LogP contribution in [0, 0.1) is 27.7 Å². The Morgan fingerprint density at radius 3 is 2.48 bits per heavy atom. The number of rotatable bonds is 5. The summed E-state index contributed by atoms with van der Waals surface area (Å²) in [6, 6.07) is 14.5. The third-order valence-corrected chi connectivity index (χ3v) is 5.60. The number of nitrogens with zero attached hydrogens (tertiary/aromatic N) is 2. The van der Waals surface area contributed by atoms with E-state index in [4.69, 9.17) is 4.98 Å². The number of carbonyl (C=O) groups excluding carboxylic acids is 1. The molecular weight excluding hydrogens is 352 g/mol. The van der Waals surface area contributed by atoms with Gasteiger partial charge in [-0.2, -0.15) is 0 Å². The van der Waals surface area contributed by atoms with Gasteiger partial charge >= 0.3 is 0 Å². The summed E-state index contributed by atoms with van der Waals surface area (Å²) in [6.07, 6.45) is 0. The number of fused-ring (bicyclic) bond motifs is 1. The van der Waals surface area contributed by atoms with Crippen molar-refractivity contribution in [1.82, 2.24) is 4.98 Å². The van der Waals surface area contributed by atoms with Crippen LogP contribution in [-0.4, -0.2) is 23.2 Å². The lowest BCUT2D eigenvalue weighted by atomic mass is 10.0. The van der Waals surface area contributed by atoms with Gasteiger partial charge in [0.2, 0.25) is 5.91 Å². The van der Waals surface area contributed by atoms with Crippen LogP contribution >= 0.6 is 11.8 Å². The summed E-state index contributed by atoms with van der Waals surface area (Å²) < 4.78 is 0. The zero-order valence-electron chi connectivity index (χ0n) is 16.7. The molecule has 0 saturated carbocycles. The normalized spacial score (nSPS) is 11.0. The second kappa shape index (κ2) is 8.13. The van der Waals surface area contributed by atoms with Crippen molar-refractivity contribution < 1.29 is 4.79 Å². The zero-order valence-corrected chi connectivity index (χ0v) is 17.5. The van der Waals surface area contributed by atoms with Crippen LogP contribution in [0.4, 0.5) is 5.69 Å². The molecule has 2 aromatic carbocycles. The van der Waals surface area contributed by atoms with E-state index in [1.54, 1.807) is 0 Å². The molecule has 0 bridgehead atoms. The van der Waals surface area contributed by atoms with Crippen molar-refractivity contribution in [3.63, 3.8) is 0 Å². The molecule has 3 aromatic rings. The molecule has 0 N–H and O–H groups in total. The van der Waals surface area contributed by atoms with Crippen molar-refractivity contribution >= 4 is 34.3 Å². The van der Waals surface area contributed by atoms with Crippen molar-refractivity contribution in [3.05, 3.63) is 64.7 Å². The smallest absolute Gasteiger partial charge is 0.237 e. The van der Waals surface area contributed by atoms with Gasteiger partial charge in [-0.15, -0.1) is 0 Å². The first-order valence-electron chi connectivity index (χ1n) is 9.27. The molecule has 3 nitrogen and oxygen atoms in total. The van der Waals surface area contributed by atoms with Crippen LogP contribution in [0.1, 0.15) is 29.2 Å². The minimum Gasteiger partial charge on any atom is -0.312 e. The Labute approximate surface area is 165 Å². The number of anilines is 1. The molecule has 0 aliphatic carbocycles. The van der Waals surface area contributed by atoms with Gasteiger partial charge in [0.15, 0.2) is 0 Å². The summed E-state index contributed by atoms with van der Waals surface area (Å²) in [5.74, 6) is 0.484. The molecule has 0 aliphatic rings. The number of aromatic nitrogens is 1. The average Bonchev–Trinajstić information content (AvgIpc) is 2.61. The highest BCUT2D eigenvalue weighted by atomic mass is 32.2. The Kier molecular flexibility index (Phi) is 5.85. The van der Waals surface area contributed by atoms with E-state index in [1.807, 2.05) is 36.9 Å². The molecule has 1 amide bonds. The second-order valence-corrected chi connectivity index (χ2v) is 8.02. The van der Waals surface area contributed by atoms with E-state index in [0.717, 1.165) is 21.8 Å². The maximum atomic E-state index is 12.8. The van der Waals surface area contributed by atoms with Crippen LogP contribution in [0.2, 0.25) is 0 Å². The lowest BCUT2D eigenvalue weighted by molar-refractivity contribution is -0.116. The summed E-state index contributed by atoms with van der Waals surface area (Å²) in [4.78, 5) is 19.4. The highest BCUT2D eigenvalue weighted by molar-refractivity contribution is 7.99. The summed E-state index contributed by atoms with van der Waals surface area (Å²) in [5, 5.41) is 2.10. The van der Waals surface area contributed by atoms with Gasteiger partial charge in [0.1, 0.15) is 0 Å². The van der Waals surface area contributed by atoms with Gasteiger partial charge in [-0.05, 0) is 75.6 Å². The standard InChI is InChI=1S/C23H26N2OS/c1-6-25(19-9-7-8-15(2)11-19)22(26)14-27-21-13-17(4)20-12-16(3)10-18(5)23(20)24-21/h7-13H,6,14H2,1-5H3. The quantitative estimate of drug-likeness (QED) is 0.541. The highest BCUT2D eigenvalue weighted by Gasteiger charge is 2.15. The van der Waals surface area contributed by atoms with E-state index < -0.39 is 0 Å². The first kappa shape index (κ1) is 19.4. The number of pyridine rings is 1. The van der Waals surface area contributed by atoms with Crippen molar-refractivity contribution in [2.75, 3.05) is 17.2 Å². The van der Waals surface area contributed by atoms with Gasteiger partial charge in [-0.25, -0.2) is 4.98 Å². The fraction of sp³-hybridized carbons (Fsp3) is 0.304. The Hall–Kier alpha value is -2.33. The van der Waals surface area contributed by atoms with E-state index in [1.165, 1.54) is 33.8 Å². The van der Waals surface area contributed by atoms with Gasteiger partial charge in [-0.1, -0.05) is 35.5 Å². The summed E-state index contributed by atoms with van der Waals surface area (Å²) in [5.41, 5.74) is 6.77. The van der Waals surface area contributed by atoms with Crippen LogP contribution in [0.5, 0.6) is 0 Å². The van der Waals surface area contributed by atoms with Gasteiger partial charge in [0, 0.05) is 17.6 Å². The Balaban J connectivity index is 1.80. The second-order valence-electron chi connectivity index (χ2n) is 7.02. The number of hydrogen-bond acceptors (Lipinski definition) is 3. The van der Waals surface area contributed by atoms with E-state index in [0.29, 0.717) is 12.3 Å². The van der Waals surface area contributed by atoms with Crippen LogP contribution in [0.25, 0.3) is 10.9 Å². The molecule has 0 radical (unpaired) electrons. The van der Waals surface area contributed by atoms with Crippen LogP contribution in [0.3, 0.4) is 0 Å². The fourth-order valence-corrected chi connectivity index (χ4v) is 4.24. The monoisotopic (exact) mass is 378 g/mol. The summed E-state index contributed by atoms with van der Waals surface area (Å²) in [6.45, 7) is 11.0. The largest absolute Gasteiger partial charge is 0.312 e. The molecule has 27 heavy (non-hydrogen) atoms. The molecule has 0 aliphatic heterocycles. The number of carbonyl (C=O) groups is 1. The first-order valence-corrected chi connectivity index (χ1v) is 10.3. The molecule has 0 unspecified atom stereocenters. The number of thioether (sulfide) groups is 1. The molecule has 140 valence electrons. The van der Waals surface area contributed by atoms with E-state index in [2.05, 4.69) is 45.0 Å². The van der Waals surface area contributed by atoms with Crippen molar-refractivity contribution in [2.24, 2.45) is 0 Å². The molecule has 3 rings (SSSR count). The molecule has 0 saturated heterocycles. The van der Waals surface area contributed by atoms with Crippen molar-refractivity contribution in [1.29, 1.82) is 0 Å². The van der Waals surface area contributed by atoms with Crippen molar-refractivity contribution in [2.45, 2.75) is 39.6 Å². The minimum atomic E-state index is 0.105. The maximum Gasteiger partial charge on any atom is 0.237 e. The topological polar surface area (TPSA) is 33.2 Å². The zero-order chi connectivity index (χ0) is 19.6. The Bertz CT molecular complexity index is 997. The van der Waals surface area contributed by atoms with E-state index >= 15 is 0 Å². The average molecular weight is 379 g/mol.